The number of pyridine rings is 1. The number of para-hydroxylation sites is 1. The number of nitrogens with one attached hydrogen (secondary N) is 2. The van der Waals surface area contributed by atoms with Crippen molar-refractivity contribution in [3.63, 3.8) is 0 Å². The van der Waals surface area contributed by atoms with Crippen LogP contribution in [-0.4, -0.2) is 29.5 Å². The highest BCUT2D eigenvalue weighted by Crippen LogP contribution is 2.13. The zero-order valence-electron chi connectivity index (χ0n) is 11.6. The van der Waals surface area contributed by atoms with Crippen LogP contribution in [-0.2, 0) is 0 Å². The molecule has 1 fully saturated rings. The van der Waals surface area contributed by atoms with Crippen LogP contribution >= 0.6 is 0 Å². The van der Waals surface area contributed by atoms with Gasteiger partial charge in [0.2, 0.25) is 0 Å². The molecule has 2 unspecified atom stereocenters. The zero-order chi connectivity index (χ0) is 13.9. The van der Waals surface area contributed by atoms with Gasteiger partial charge in [-0.05, 0) is 38.4 Å². The lowest BCUT2D eigenvalue weighted by molar-refractivity contribution is 0.0921. The number of hydrogen-bond donors (Lipinski definition) is 2. The molecule has 20 heavy (non-hydrogen) atoms. The fourth-order valence-electron chi connectivity index (χ4n) is 2.71. The minimum absolute atomic E-state index is 0.0742. The molecule has 1 aliphatic rings. The number of rotatable bonds is 2. The van der Waals surface area contributed by atoms with Crippen molar-refractivity contribution >= 4 is 16.8 Å². The number of amides is 1. The zero-order valence-corrected chi connectivity index (χ0v) is 11.6. The molecule has 2 aromatic rings. The van der Waals surface area contributed by atoms with Gasteiger partial charge in [0.05, 0.1) is 5.52 Å². The predicted octanol–water partition coefficient (Wildman–Crippen LogP) is 2.11. The van der Waals surface area contributed by atoms with Gasteiger partial charge in [-0.15, -0.1) is 0 Å². The maximum Gasteiger partial charge on any atom is 0.270 e. The van der Waals surface area contributed by atoms with E-state index in [1.54, 1.807) is 6.07 Å². The van der Waals surface area contributed by atoms with E-state index in [4.69, 9.17) is 0 Å². The van der Waals surface area contributed by atoms with Crippen molar-refractivity contribution in [3.8, 4) is 0 Å². The maximum absolute atomic E-state index is 12.3. The van der Waals surface area contributed by atoms with Gasteiger partial charge >= 0.3 is 0 Å². The molecule has 104 valence electrons. The lowest BCUT2D eigenvalue weighted by Crippen LogP contribution is -2.46. The largest absolute Gasteiger partial charge is 0.348 e. The van der Waals surface area contributed by atoms with Crippen molar-refractivity contribution < 1.29 is 4.79 Å². The fourth-order valence-corrected chi connectivity index (χ4v) is 2.71. The first-order valence-electron chi connectivity index (χ1n) is 7.12. The van der Waals surface area contributed by atoms with Gasteiger partial charge in [-0.1, -0.05) is 24.3 Å². The third kappa shape index (κ3) is 2.80. The smallest absolute Gasteiger partial charge is 0.270 e. The molecule has 0 saturated carbocycles. The van der Waals surface area contributed by atoms with E-state index in [-0.39, 0.29) is 11.9 Å². The standard InChI is InChI=1S/C16H19N3O/c1-11-10-13(8-9-17-11)18-16(20)15-7-6-12-4-2-3-5-14(12)19-15/h2-7,11,13,17H,8-10H2,1H3,(H,18,20). The summed E-state index contributed by atoms with van der Waals surface area (Å²) in [5, 5.41) is 7.53. The number of nitrogens with zero attached hydrogens (tertiary/aromatic N) is 1. The van der Waals surface area contributed by atoms with Crippen molar-refractivity contribution in [2.24, 2.45) is 0 Å². The van der Waals surface area contributed by atoms with E-state index >= 15 is 0 Å². The fraction of sp³-hybridized carbons (Fsp3) is 0.375. The average molecular weight is 269 g/mol. The molecular weight excluding hydrogens is 250 g/mol. The number of hydrogen-bond acceptors (Lipinski definition) is 3. The van der Waals surface area contributed by atoms with Crippen LogP contribution in [0.25, 0.3) is 10.9 Å². The molecule has 0 aliphatic carbocycles. The molecule has 1 aromatic heterocycles. The van der Waals surface area contributed by atoms with E-state index in [9.17, 15) is 4.79 Å². The van der Waals surface area contributed by atoms with Crippen LogP contribution in [0.4, 0.5) is 0 Å². The molecule has 0 bridgehead atoms. The van der Waals surface area contributed by atoms with E-state index in [0.717, 1.165) is 30.3 Å². The van der Waals surface area contributed by atoms with Gasteiger partial charge in [0, 0.05) is 17.5 Å². The second-order valence-electron chi connectivity index (χ2n) is 5.44. The third-order valence-electron chi connectivity index (χ3n) is 3.79. The SMILES string of the molecule is CC1CC(NC(=O)c2ccc3ccccc3n2)CCN1. The molecule has 4 nitrogen and oxygen atoms in total. The lowest BCUT2D eigenvalue weighted by atomic mass is 10.0. The molecule has 1 aliphatic heterocycles. The lowest BCUT2D eigenvalue weighted by Gasteiger charge is -2.28. The summed E-state index contributed by atoms with van der Waals surface area (Å²) in [7, 11) is 0. The minimum Gasteiger partial charge on any atom is -0.348 e. The predicted molar refractivity (Wildman–Crippen MR) is 79.7 cm³/mol. The molecule has 2 heterocycles. The normalized spacial score (nSPS) is 22.6. The van der Waals surface area contributed by atoms with Crippen LogP contribution in [0.15, 0.2) is 36.4 Å². The number of fused-ring (bicyclic) bond motifs is 1. The Morgan fingerprint density at radius 3 is 3.00 bits per heavy atom. The Bertz CT molecular complexity index is 626. The van der Waals surface area contributed by atoms with E-state index in [1.807, 2.05) is 30.3 Å². The molecule has 0 radical (unpaired) electrons. The summed E-state index contributed by atoms with van der Waals surface area (Å²) < 4.78 is 0. The van der Waals surface area contributed by atoms with E-state index in [2.05, 4.69) is 22.5 Å². The van der Waals surface area contributed by atoms with E-state index < -0.39 is 0 Å². The quantitative estimate of drug-likeness (QED) is 0.878. The summed E-state index contributed by atoms with van der Waals surface area (Å²) in [5.41, 5.74) is 1.36. The number of carbonyl (C=O) groups excluding carboxylic acids is 1. The summed E-state index contributed by atoms with van der Waals surface area (Å²) in [4.78, 5) is 16.7. The highest BCUT2D eigenvalue weighted by molar-refractivity contribution is 5.95. The number of benzene rings is 1. The Balaban J connectivity index is 1.75. The van der Waals surface area contributed by atoms with Crippen LogP contribution in [0.5, 0.6) is 0 Å². The summed E-state index contributed by atoms with van der Waals surface area (Å²) in [6.45, 7) is 3.10. The molecule has 2 atom stereocenters. The molecule has 1 saturated heterocycles. The Hall–Kier alpha value is -1.94. The first-order valence-corrected chi connectivity index (χ1v) is 7.12. The molecule has 0 spiro atoms. The van der Waals surface area contributed by atoms with Crippen LogP contribution in [0.2, 0.25) is 0 Å². The Kier molecular flexibility index (Phi) is 3.65. The van der Waals surface area contributed by atoms with Crippen LogP contribution < -0.4 is 10.6 Å². The summed E-state index contributed by atoms with van der Waals surface area (Å²) >= 11 is 0. The number of aromatic nitrogens is 1. The molecule has 1 aromatic carbocycles. The maximum atomic E-state index is 12.3. The molecule has 3 rings (SSSR count). The monoisotopic (exact) mass is 269 g/mol. The second-order valence-corrected chi connectivity index (χ2v) is 5.44. The summed E-state index contributed by atoms with van der Waals surface area (Å²) in [6, 6.07) is 12.3. The number of carbonyl (C=O) groups is 1. The van der Waals surface area contributed by atoms with Crippen LogP contribution in [0, 0.1) is 0 Å². The molecule has 1 amide bonds. The topological polar surface area (TPSA) is 54.0 Å². The number of piperidine rings is 1. The van der Waals surface area contributed by atoms with E-state index in [1.165, 1.54) is 0 Å². The van der Waals surface area contributed by atoms with Gasteiger partial charge in [0.1, 0.15) is 5.69 Å². The minimum atomic E-state index is -0.0742. The van der Waals surface area contributed by atoms with E-state index in [0.29, 0.717) is 11.7 Å². The Labute approximate surface area is 118 Å². The second kappa shape index (κ2) is 5.59. The average Bonchev–Trinajstić information content (AvgIpc) is 2.47. The third-order valence-corrected chi connectivity index (χ3v) is 3.79. The Morgan fingerprint density at radius 2 is 2.15 bits per heavy atom. The first kappa shape index (κ1) is 13.1. The van der Waals surface area contributed by atoms with Crippen molar-refractivity contribution in [2.45, 2.75) is 31.8 Å². The van der Waals surface area contributed by atoms with Gasteiger partial charge in [-0.3, -0.25) is 4.79 Å². The van der Waals surface area contributed by atoms with Gasteiger partial charge in [-0.25, -0.2) is 4.98 Å². The van der Waals surface area contributed by atoms with Crippen LogP contribution in [0.1, 0.15) is 30.3 Å². The highest BCUT2D eigenvalue weighted by Gasteiger charge is 2.20. The van der Waals surface area contributed by atoms with Gasteiger partial charge in [0.25, 0.3) is 5.91 Å². The van der Waals surface area contributed by atoms with Crippen LogP contribution in [0.3, 0.4) is 0 Å². The molecule has 4 heteroatoms. The van der Waals surface area contributed by atoms with Gasteiger partial charge in [-0.2, -0.15) is 0 Å². The first-order chi connectivity index (χ1) is 9.72. The van der Waals surface area contributed by atoms with Gasteiger partial charge < -0.3 is 10.6 Å². The summed E-state index contributed by atoms with van der Waals surface area (Å²) in [5.74, 6) is -0.0742. The summed E-state index contributed by atoms with van der Waals surface area (Å²) in [6.07, 6.45) is 1.95. The Morgan fingerprint density at radius 1 is 1.30 bits per heavy atom. The molecular formula is C16H19N3O. The van der Waals surface area contributed by atoms with Crippen molar-refractivity contribution in [1.29, 1.82) is 0 Å². The van der Waals surface area contributed by atoms with Crippen molar-refractivity contribution in [3.05, 3.63) is 42.1 Å². The van der Waals surface area contributed by atoms with Crippen molar-refractivity contribution in [2.75, 3.05) is 6.54 Å². The van der Waals surface area contributed by atoms with Crippen molar-refractivity contribution in [1.82, 2.24) is 15.6 Å². The molecule has 2 N–H and O–H groups in total. The highest BCUT2D eigenvalue weighted by atomic mass is 16.1. The van der Waals surface area contributed by atoms with Gasteiger partial charge in [0.15, 0.2) is 0 Å².